The molecule has 1 heterocycles. The minimum atomic E-state index is -0.507. The summed E-state index contributed by atoms with van der Waals surface area (Å²) in [4.78, 5) is 16.5. The third-order valence-electron chi connectivity index (χ3n) is 3.94. The van der Waals surface area contributed by atoms with Crippen LogP contribution in [0, 0.1) is 0 Å². The highest BCUT2D eigenvalue weighted by atomic mass is 16.5. The van der Waals surface area contributed by atoms with Crippen LogP contribution in [0.1, 0.15) is 10.4 Å². The van der Waals surface area contributed by atoms with Gasteiger partial charge >= 0.3 is 0 Å². The van der Waals surface area contributed by atoms with Crippen LogP contribution >= 0.6 is 0 Å². The third-order valence-corrected chi connectivity index (χ3v) is 3.94. The molecule has 0 saturated carbocycles. The molecule has 0 unspecified atom stereocenters. The van der Waals surface area contributed by atoms with Crippen molar-refractivity contribution in [1.82, 2.24) is 4.98 Å². The van der Waals surface area contributed by atoms with Gasteiger partial charge in [0, 0.05) is 10.9 Å². The molecule has 0 aliphatic heterocycles. The Kier molecular flexibility index (Phi) is 4.43. The number of carbonyl (C=O) groups excluding carboxylic acids is 1. The second-order valence-electron chi connectivity index (χ2n) is 5.35. The summed E-state index contributed by atoms with van der Waals surface area (Å²) in [5.41, 5.74) is 7.96. The number of primary amides is 1. The number of methoxy groups -OCH3 is 3. The van der Waals surface area contributed by atoms with Gasteiger partial charge in [-0.05, 0) is 24.3 Å². The number of benzene rings is 2. The average Bonchev–Trinajstić information content (AvgIpc) is 2.65. The van der Waals surface area contributed by atoms with Gasteiger partial charge in [0.25, 0.3) is 0 Å². The molecule has 6 nitrogen and oxygen atoms in total. The number of nitrogens with zero attached hydrogens (tertiary/aromatic N) is 1. The van der Waals surface area contributed by atoms with Crippen LogP contribution in [0.15, 0.2) is 42.5 Å². The van der Waals surface area contributed by atoms with E-state index in [0.29, 0.717) is 39.4 Å². The van der Waals surface area contributed by atoms with E-state index in [1.54, 1.807) is 39.5 Å². The lowest BCUT2D eigenvalue weighted by Gasteiger charge is -2.14. The zero-order chi connectivity index (χ0) is 18.0. The van der Waals surface area contributed by atoms with E-state index in [1.807, 2.05) is 24.3 Å². The number of hydrogen-bond donors (Lipinski definition) is 1. The van der Waals surface area contributed by atoms with Crippen LogP contribution in [-0.4, -0.2) is 32.2 Å². The molecule has 2 aromatic carbocycles. The Morgan fingerprint density at radius 2 is 1.60 bits per heavy atom. The lowest BCUT2D eigenvalue weighted by molar-refractivity contribution is 0.100. The molecule has 0 saturated heterocycles. The number of hydrogen-bond acceptors (Lipinski definition) is 5. The maximum Gasteiger partial charge on any atom is 0.249 e. The van der Waals surface area contributed by atoms with Crippen LogP contribution in [0.5, 0.6) is 17.2 Å². The highest BCUT2D eigenvalue weighted by molar-refractivity contribution is 6.06. The Bertz CT molecular complexity index is 928. The summed E-state index contributed by atoms with van der Waals surface area (Å²) in [6, 6.07) is 12.6. The van der Waals surface area contributed by atoms with Crippen molar-refractivity contribution in [3.05, 3.63) is 48.0 Å². The molecule has 0 aliphatic carbocycles. The first-order valence-electron chi connectivity index (χ1n) is 7.59. The van der Waals surface area contributed by atoms with Crippen LogP contribution in [0.3, 0.4) is 0 Å². The zero-order valence-electron chi connectivity index (χ0n) is 14.2. The Morgan fingerprint density at radius 1 is 0.960 bits per heavy atom. The van der Waals surface area contributed by atoms with Crippen LogP contribution in [-0.2, 0) is 0 Å². The summed E-state index contributed by atoms with van der Waals surface area (Å²) in [7, 11) is 4.63. The van der Waals surface area contributed by atoms with Crippen molar-refractivity contribution in [1.29, 1.82) is 0 Å². The molecule has 6 heteroatoms. The second kappa shape index (κ2) is 6.68. The first-order valence-corrected chi connectivity index (χ1v) is 7.59. The second-order valence-corrected chi connectivity index (χ2v) is 5.35. The van der Waals surface area contributed by atoms with Crippen molar-refractivity contribution in [2.75, 3.05) is 21.3 Å². The number of aromatic nitrogens is 1. The van der Waals surface area contributed by atoms with Crippen molar-refractivity contribution in [2.45, 2.75) is 0 Å². The fourth-order valence-electron chi connectivity index (χ4n) is 2.76. The number of fused-ring (bicyclic) bond motifs is 1. The van der Waals surface area contributed by atoms with E-state index >= 15 is 0 Å². The Hall–Kier alpha value is -3.28. The molecule has 1 aromatic heterocycles. The summed E-state index contributed by atoms with van der Waals surface area (Å²) in [6.45, 7) is 0. The highest BCUT2D eigenvalue weighted by Crippen LogP contribution is 2.41. The molecular weight excluding hydrogens is 320 g/mol. The Balaban J connectivity index is 2.28. The molecule has 1 amide bonds. The van der Waals surface area contributed by atoms with Gasteiger partial charge in [-0.15, -0.1) is 0 Å². The molecule has 0 atom stereocenters. The molecule has 0 bridgehead atoms. The molecule has 0 radical (unpaired) electrons. The zero-order valence-corrected chi connectivity index (χ0v) is 14.2. The highest BCUT2D eigenvalue weighted by Gasteiger charge is 2.17. The topological polar surface area (TPSA) is 83.7 Å². The maximum atomic E-state index is 11.9. The molecule has 3 rings (SSSR count). The standard InChI is InChI=1S/C19H18N2O4/c1-23-16-8-11(9-17(24-2)18(16)25-3)15-10-13(19(20)22)12-6-4-5-7-14(12)21-15/h4-10H,1-3H3,(H2,20,22). The predicted molar refractivity (Wildman–Crippen MR) is 95.4 cm³/mol. The van der Waals surface area contributed by atoms with Gasteiger partial charge in [0.2, 0.25) is 11.7 Å². The molecule has 3 aromatic rings. The number of nitrogens with two attached hydrogens (primary N) is 1. The average molecular weight is 338 g/mol. The van der Waals surface area contributed by atoms with Gasteiger partial charge in [-0.3, -0.25) is 4.79 Å². The van der Waals surface area contributed by atoms with Gasteiger partial charge in [-0.1, -0.05) is 18.2 Å². The summed E-state index contributed by atoms with van der Waals surface area (Å²) in [5.74, 6) is 0.997. The molecular formula is C19H18N2O4. The van der Waals surface area contributed by atoms with Crippen molar-refractivity contribution in [3.63, 3.8) is 0 Å². The predicted octanol–water partition coefficient (Wildman–Crippen LogP) is 3.03. The first-order chi connectivity index (χ1) is 12.1. The summed E-state index contributed by atoms with van der Waals surface area (Å²) in [6.07, 6.45) is 0. The molecule has 0 aliphatic rings. The van der Waals surface area contributed by atoms with Crippen LogP contribution in [0.4, 0.5) is 0 Å². The number of rotatable bonds is 5. The maximum absolute atomic E-state index is 11.9. The van der Waals surface area contributed by atoms with E-state index in [1.165, 1.54) is 0 Å². The van der Waals surface area contributed by atoms with Crippen LogP contribution < -0.4 is 19.9 Å². The SMILES string of the molecule is COc1cc(-c2cc(C(N)=O)c3ccccc3n2)cc(OC)c1OC. The summed E-state index contributed by atoms with van der Waals surface area (Å²) >= 11 is 0. The lowest BCUT2D eigenvalue weighted by atomic mass is 10.0. The van der Waals surface area contributed by atoms with E-state index in [2.05, 4.69) is 4.98 Å². The van der Waals surface area contributed by atoms with E-state index in [0.717, 1.165) is 5.56 Å². The minimum Gasteiger partial charge on any atom is -0.493 e. The fourth-order valence-corrected chi connectivity index (χ4v) is 2.76. The largest absolute Gasteiger partial charge is 0.493 e. The van der Waals surface area contributed by atoms with Crippen LogP contribution in [0.2, 0.25) is 0 Å². The van der Waals surface area contributed by atoms with Gasteiger partial charge in [0.05, 0.1) is 38.1 Å². The monoisotopic (exact) mass is 338 g/mol. The lowest BCUT2D eigenvalue weighted by Crippen LogP contribution is -2.12. The molecule has 0 fully saturated rings. The van der Waals surface area contributed by atoms with Gasteiger partial charge in [-0.2, -0.15) is 0 Å². The Labute approximate surface area is 145 Å². The molecule has 0 spiro atoms. The number of pyridine rings is 1. The van der Waals surface area contributed by atoms with E-state index in [-0.39, 0.29) is 0 Å². The summed E-state index contributed by atoms with van der Waals surface area (Å²) in [5, 5.41) is 0.714. The quantitative estimate of drug-likeness (QED) is 0.773. The summed E-state index contributed by atoms with van der Waals surface area (Å²) < 4.78 is 16.1. The van der Waals surface area contributed by atoms with E-state index in [4.69, 9.17) is 19.9 Å². The van der Waals surface area contributed by atoms with Crippen LogP contribution in [0.25, 0.3) is 22.2 Å². The molecule has 2 N–H and O–H groups in total. The van der Waals surface area contributed by atoms with Gasteiger partial charge < -0.3 is 19.9 Å². The smallest absolute Gasteiger partial charge is 0.249 e. The van der Waals surface area contributed by atoms with Crippen molar-refractivity contribution < 1.29 is 19.0 Å². The Morgan fingerprint density at radius 3 is 2.16 bits per heavy atom. The first kappa shape index (κ1) is 16.6. The molecule has 128 valence electrons. The molecule has 25 heavy (non-hydrogen) atoms. The minimum absolute atomic E-state index is 0.411. The number of ether oxygens (including phenoxy) is 3. The normalized spacial score (nSPS) is 10.5. The van der Waals surface area contributed by atoms with Gasteiger partial charge in [-0.25, -0.2) is 4.98 Å². The van der Waals surface area contributed by atoms with E-state index in [9.17, 15) is 4.79 Å². The number of carbonyl (C=O) groups is 1. The van der Waals surface area contributed by atoms with Crippen molar-refractivity contribution in [3.8, 4) is 28.5 Å². The third kappa shape index (κ3) is 2.94. The van der Waals surface area contributed by atoms with Crippen molar-refractivity contribution >= 4 is 16.8 Å². The van der Waals surface area contributed by atoms with Gasteiger partial charge in [0.15, 0.2) is 11.5 Å². The van der Waals surface area contributed by atoms with E-state index < -0.39 is 5.91 Å². The number of para-hydroxylation sites is 1. The fraction of sp³-hybridized carbons (Fsp3) is 0.158. The van der Waals surface area contributed by atoms with Crippen molar-refractivity contribution in [2.24, 2.45) is 5.73 Å². The van der Waals surface area contributed by atoms with Gasteiger partial charge in [0.1, 0.15) is 0 Å². The number of amides is 1.